The Kier molecular flexibility index (Phi) is 4.61. The van der Waals surface area contributed by atoms with Gasteiger partial charge in [-0.15, -0.1) is 11.8 Å². The first-order valence-corrected chi connectivity index (χ1v) is 8.52. The minimum atomic E-state index is 0.0917. The lowest BCUT2D eigenvalue weighted by Crippen LogP contribution is -2.49. The molecule has 2 aliphatic heterocycles. The Morgan fingerprint density at radius 2 is 2.09 bits per heavy atom. The van der Waals surface area contributed by atoms with Crippen molar-refractivity contribution in [3.8, 4) is 11.5 Å². The number of nitrogens with one attached hydrogen (secondary N) is 1. The zero-order chi connectivity index (χ0) is 15.7. The van der Waals surface area contributed by atoms with Crippen molar-refractivity contribution in [3.05, 3.63) is 23.3 Å². The molecular formula is C16H22N2O3S. The molecule has 0 spiro atoms. The van der Waals surface area contributed by atoms with Gasteiger partial charge in [0.15, 0.2) is 11.5 Å². The zero-order valence-electron chi connectivity index (χ0n) is 12.9. The quantitative estimate of drug-likeness (QED) is 0.829. The Labute approximate surface area is 135 Å². The molecule has 120 valence electrons. The molecule has 22 heavy (non-hydrogen) atoms. The van der Waals surface area contributed by atoms with Crippen LogP contribution in [0.25, 0.3) is 0 Å². The van der Waals surface area contributed by atoms with Crippen molar-refractivity contribution in [2.24, 2.45) is 5.92 Å². The second-order valence-electron chi connectivity index (χ2n) is 5.67. The third kappa shape index (κ3) is 2.49. The summed E-state index contributed by atoms with van der Waals surface area (Å²) in [6.07, 6.45) is 2.44. The average molecular weight is 322 g/mol. The van der Waals surface area contributed by atoms with Crippen molar-refractivity contribution >= 4 is 18.0 Å². The van der Waals surface area contributed by atoms with Crippen LogP contribution in [0.4, 0.5) is 0 Å². The largest absolute Gasteiger partial charge is 0.493 e. The number of rotatable bonds is 4. The third-order valence-corrected chi connectivity index (χ3v) is 5.96. The number of fused-ring (bicyclic) bond motifs is 3. The second kappa shape index (κ2) is 6.48. The summed E-state index contributed by atoms with van der Waals surface area (Å²) in [7, 11) is 3.30. The van der Waals surface area contributed by atoms with E-state index in [0.29, 0.717) is 0 Å². The van der Waals surface area contributed by atoms with Crippen LogP contribution in [0.3, 0.4) is 0 Å². The van der Waals surface area contributed by atoms with Crippen molar-refractivity contribution < 1.29 is 14.6 Å². The molecule has 3 atom stereocenters. The monoisotopic (exact) mass is 322 g/mol. The molecule has 1 saturated heterocycles. The van der Waals surface area contributed by atoms with E-state index in [4.69, 9.17) is 14.9 Å². The maximum absolute atomic E-state index is 9.79. The third-order valence-electron chi connectivity index (χ3n) is 4.59. The fraction of sp³-hybridized carbons (Fsp3) is 0.562. The van der Waals surface area contributed by atoms with Gasteiger partial charge in [-0.05, 0) is 29.7 Å². The number of thioether (sulfide) groups is 1. The Bertz CT molecular complexity index is 567. The molecule has 2 N–H and O–H groups in total. The number of nitrogens with zero attached hydrogens (tertiary/aromatic N) is 1. The van der Waals surface area contributed by atoms with Gasteiger partial charge in [0.1, 0.15) is 0 Å². The summed E-state index contributed by atoms with van der Waals surface area (Å²) >= 11 is 1.74. The lowest BCUT2D eigenvalue weighted by molar-refractivity contribution is 0.0972. The van der Waals surface area contributed by atoms with Gasteiger partial charge in [0.2, 0.25) is 0 Å². The molecule has 5 nitrogen and oxygen atoms in total. The van der Waals surface area contributed by atoms with Crippen molar-refractivity contribution in [2.45, 2.75) is 17.8 Å². The lowest BCUT2D eigenvalue weighted by Gasteiger charge is -2.47. The molecule has 0 saturated carbocycles. The summed E-state index contributed by atoms with van der Waals surface area (Å²) in [6, 6.07) is 4.24. The number of benzene rings is 1. The van der Waals surface area contributed by atoms with Gasteiger partial charge >= 0.3 is 0 Å². The van der Waals surface area contributed by atoms with Gasteiger partial charge < -0.3 is 20.0 Å². The summed E-state index contributed by atoms with van der Waals surface area (Å²) in [5.41, 5.74) is 2.46. The second-order valence-corrected chi connectivity index (χ2v) is 6.82. The van der Waals surface area contributed by atoms with Gasteiger partial charge in [-0.3, -0.25) is 4.90 Å². The van der Waals surface area contributed by atoms with Gasteiger partial charge in [0, 0.05) is 37.1 Å². The van der Waals surface area contributed by atoms with Crippen molar-refractivity contribution in [2.75, 3.05) is 33.1 Å². The topological polar surface area (TPSA) is 65.8 Å². The minimum absolute atomic E-state index is 0.0917. The molecule has 3 rings (SSSR count). The van der Waals surface area contributed by atoms with E-state index in [9.17, 15) is 5.11 Å². The van der Waals surface area contributed by atoms with Gasteiger partial charge in [-0.1, -0.05) is 0 Å². The number of aliphatic hydroxyl groups is 1. The molecular weight excluding hydrogens is 300 g/mol. The normalized spacial score (nSPS) is 27.7. The van der Waals surface area contributed by atoms with Gasteiger partial charge in [-0.25, -0.2) is 0 Å². The molecule has 1 aromatic rings. The predicted octanol–water partition coefficient (Wildman–Crippen LogP) is 1.93. The molecule has 6 heteroatoms. The van der Waals surface area contributed by atoms with E-state index in [-0.39, 0.29) is 23.9 Å². The first-order valence-electron chi connectivity index (χ1n) is 7.47. The standard InChI is InChI=1S/C16H22N2O3S/c1-20-13-5-10-3-4-18-15(7-17)22-9-11(8-19)16(18)12(10)6-14(13)21-2/h5-7,11,15-17,19H,3-4,8-9H2,1-2H3. The van der Waals surface area contributed by atoms with Crippen molar-refractivity contribution in [3.63, 3.8) is 0 Å². The maximum Gasteiger partial charge on any atom is 0.161 e. The molecule has 2 heterocycles. The summed E-state index contributed by atoms with van der Waals surface area (Å²) in [5.74, 6) is 2.53. The lowest BCUT2D eigenvalue weighted by atomic mass is 9.85. The van der Waals surface area contributed by atoms with Crippen LogP contribution in [-0.4, -0.2) is 54.7 Å². The minimum Gasteiger partial charge on any atom is -0.493 e. The highest BCUT2D eigenvalue weighted by Crippen LogP contribution is 2.46. The number of hydrogen-bond donors (Lipinski definition) is 2. The molecule has 2 aliphatic rings. The highest BCUT2D eigenvalue weighted by Gasteiger charge is 2.41. The Hall–Kier alpha value is -1.24. The fourth-order valence-corrected chi connectivity index (χ4v) is 4.77. The summed E-state index contributed by atoms with van der Waals surface area (Å²) in [4.78, 5) is 2.33. The van der Waals surface area contributed by atoms with E-state index in [1.807, 2.05) is 6.07 Å². The van der Waals surface area contributed by atoms with E-state index in [0.717, 1.165) is 30.2 Å². The van der Waals surface area contributed by atoms with E-state index in [1.54, 1.807) is 26.0 Å². The molecule has 0 radical (unpaired) electrons. The molecule has 3 unspecified atom stereocenters. The summed E-state index contributed by atoms with van der Waals surface area (Å²) < 4.78 is 10.9. The van der Waals surface area contributed by atoms with E-state index in [2.05, 4.69) is 11.0 Å². The smallest absolute Gasteiger partial charge is 0.161 e. The number of ether oxygens (including phenoxy) is 2. The number of hydrogen-bond acceptors (Lipinski definition) is 6. The summed E-state index contributed by atoms with van der Waals surface area (Å²) in [6.45, 7) is 1.06. The van der Waals surface area contributed by atoms with Crippen LogP contribution in [0, 0.1) is 11.3 Å². The van der Waals surface area contributed by atoms with Crippen LogP contribution in [0.1, 0.15) is 17.2 Å². The molecule has 0 amide bonds. The van der Waals surface area contributed by atoms with Crippen LogP contribution in [-0.2, 0) is 6.42 Å². The Balaban J connectivity index is 2.06. The van der Waals surface area contributed by atoms with E-state index < -0.39 is 0 Å². The molecule has 1 aromatic carbocycles. The number of aliphatic hydroxyl groups excluding tert-OH is 1. The number of methoxy groups -OCH3 is 2. The highest BCUT2D eigenvalue weighted by molar-refractivity contribution is 8.00. The first-order chi connectivity index (χ1) is 10.7. The van der Waals surface area contributed by atoms with Crippen LogP contribution in [0.15, 0.2) is 12.1 Å². The Morgan fingerprint density at radius 1 is 1.36 bits per heavy atom. The predicted molar refractivity (Wildman–Crippen MR) is 88.3 cm³/mol. The van der Waals surface area contributed by atoms with E-state index in [1.165, 1.54) is 17.3 Å². The molecule has 1 fully saturated rings. The molecule has 0 aliphatic carbocycles. The van der Waals surface area contributed by atoms with Crippen LogP contribution in [0.5, 0.6) is 11.5 Å². The average Bonchev–Trinajstić information content (AvgIpc) is 2.58. The molecule has 0 bridgehead atoms. The first kappa shape index (κ1) is 15.6. The van der Waals surface area contributed by atoms with Gasteiger partial charge in [-0.2, -0.15) is 0 Å². The molecule has 0 aromatic heterocycles. The van der Waals surface area contributed by atoms with Gasteiger partial charge in [0.25, 0.3) is 0 Å². The maximum atomic E-state index is 9.79. The Morgan fingerprint density at radius 3 is 2.73 bits per heavy atom. The van der Waals surface area contributed by atoms with Crippen LogP contribution in [0.2, 0.25) is 0 Å². The summed E-state index contributed by atoms with van der Waals surface area (Å²) in [5, 5.41) is 17.6. The van der Waals surface area contributed by atoms with Crippen molar-refractivity contribution in [1.82, 2.24) is 4.90 Å². The fourth-order valence-electron chi connectivity index (χ4n) is 3.51. The van der Waals surface area contributed by atoms with Gasteiger partial charge in [0.05, 0.1) is 19.6 Å². The zero-order valence-corrected chi connectivity index (χ0v) is 13.7. The SMILES string of the molecule is COc1cc2c(cc1OC)C1C(CO)CSC(C=N)N1CC2. The van der Waals surface area contributed by atoms with Crippen molar-refractivity contribution in [1.29, 1.82) is 5.41 Å². The van der Waals surface area contributed by atoms with Crippen LogP contribution < -0.4 is 9.47 Å². The highest BCUT2D eigenvalue weighted by atomic mass is 32.2. The van der Waals surface area contributed by atoms with E-state index >= 15 is 0 Å². The van der Waals surface area contributed by atoms with Crippen LogP contribution >= 0.6 is 11.8 Å².